The van der Waals surface area contributed by atoms with Gasteiger partial charge in [-0.05, 0) is 18.8 Å². The number of hydrogen-bond acceptors (Lipinski definition) is 9. The van der Waals surface area contributed by atoms with Crippen molar-refractivity contribution in [1.29, 1.82) is 0 Å². The number of allylic oxidation sites excluding steroid dienone is 1. The Hall–Kier alpha value is -3.15. The van der Waals surface area contributed by atoms with Crippen LogP contribution >= 0.6 is 0 Å². The summed E-state index contributed by atoms with van der Waals surface area (Å²) in [5.74, 6) is -3.29. The van der Waals surface area contributed by atoms with Crippen molar-refractivity contribution >= 4 is 30.3 Å². The van der Waals surface area contributed by atoms with Gasteiger partial charge in [0.25, 0.3) is 0 Å². The van der Waals surface area contributed by atoms with Crippen LogP contribution in [0.3, 0.4) is 0 Å². The Morgan fingerprint density at radius 2 is 1.73 bits per heavy atom. The number of likely N-dealkylation sites (N-methyl/N-ethyl adjacent to an activating group) is 1. The molecule has 1 saturated carbocycles. The van der Waals surface area contributed by atoms with Crippen LogP contribution in [0.1, 0.15) is 73.4 Å². The van der Waals surface area contributed by atoms with E-state index in [-0.39, 0.29) is 40.1 Å². The van der Waals surface area contributed by atoms with Gasteiger partial charge in [-0.15, -0.1) is 0 Å². The maximum absolute atomic E-state index is 14.2. The van der Waals surface area contributed by atoms with E-state index in [4.69, 9.17) is 5.73 Å². The number of rotatable bonds is 8. The van der Waals surface area contributed by atoms with Crippen LogP contribution in [-0.4, -0.2) is 108 Å². The van der Waals surface area contributed by atoms with Crippen LogP contribution in [-0.2, 0) is 17.8 Å². The number of phenolic OH excluding ortho intramolecular Hbond substituents is 1. The molecule has 1 aromatic carbocycles. The van der Waals surface area contributed by atoms with Crippen molar-refractivity contribution in [1.82, 2.24) is 9.80 Å². The number of nitrogens with zero attached hydrogens (tertiary/aromatic N) is 3. The molecule has 0 heterocycles. The monoisotopic (exact) mass is 620 g/mol. The van der Waals surface area contributed by atoms with Gasteiger partial charge in [-0.2, -0.15) is 0 Å². The third-order valence-corrected chi connectivity index (χ3v) is 10.7. The van der Waals surface area contributed by atoms with Crippen molar-refractivity contribution in [2.75, 3.05) is 46.2 Å². The normalized spacial score (nSPS) is 27.4. The Labute approximate surface area is 267 Å². The summed E-state index contributed by atoms with van der Waals surface area (Å²) in [5, 5.41) is 46.4. The van der Waals surface area contributed by atoms with Crippen LogP contribution < -0.4 is 10.6 Å². The molecule has 1 aromatic rings. The molecule has 0 bridgehead atoms. The SMILES string of the molecule is B=C1C(C(N)=O)=C(O)[C@@H](N(C)C)[C@@H]2C[C@@H]3Cc4c(c(O)cc(CN(CC)CC5CCCCCC5)c4N(C)C)C(=O)C3=C(O)[C@]12O. The maximum atomic E-state index is 14.2. The minimum atomic E-state index is -2.20. The van der Waals surface area contributed by atoms with Gasteiger partial charge in [0.15, 0.2) is 0 Å². The zero-order valence-corrected chi connectivity index (χ0v) is 27.4. The van der Waals surface area contributed by atoms with Gasteiger partial charge >= 0.3 is 216 Å². The molecule has 0 unspecified atom stereocenters. The topological polar surface area (TPSA) is 151 Å². The van der Waals surface area contributed by atoms with E-state index in [1.54, 1.807) is 25.1 Å². The predicted molar refractivity (Wildman–Crippen MR) is 177 cm³/mol. The first kappa shape index (κ1) is 33.2. The van der Waals surface area contributed by atoms with Crippen LogP contribution in [0.2, 0.25) is 0 Å². The molecule has 1 amide bonds. The molecule has 0 radical (unpaired) electrons. The van der Waals surface area contributed by atoms with Gasteiger partial charge in [0.1, 0.15) is 0 Å². The fourth-order valence-electron chi connectivity index (χ4n) is 8.68. The van der Waals surface area contributed by atoms with E-state index < -0.39 is 40.9 Å². The van der Waals surface area contributed by atoms with Crippen LogP contribution in [0.25, 0.3) is 0 Å². The Morgan fingerprint density at radius 3 is 2.29 bits per heavy atom. The summed E-state index contributed by atoms with van der Waals surface area (Å²) in [4.78, 5) is 32.7. The minimum absolute atomic E-state index is 0.00132. The zero-order valence-electron chi connectivity index (χ0n) is 27.4. The van der Waals surface area contributed by atoms with Crippen LogP contribution in [0.15, 0.2) is 28.7 Å². The molecule has 1 fully saturated rings. The molecule has 10 nitrogen and oxygen atoms in total. The number of phenols is 1. The molecular formula is C34H49BN4O6. The van der Waals surface area contributed by atoms with Gasteiger partial charge in [-0.25, -0.2) is 0 Å². The summed E-state index contributed by atoms with van der Waals surface area (Å²) in [6, 6.07) is 0.812. The summed E-state index contributed by atoms with van der Waals surface area (Å²) in [6.07, 6.45) is 8.19. The van der Waals surface area contributed by atoms with Gasteiger partial charge in [0.05, 0.1) is 0 Å². The number of aliphatic hydroxyl groups excluding tert-OH is 2. The molecule has 244 valence electrons. The van der Waals surface area contributed by atoms with E-state index >= 15 is 0 Å². The number of fused-ring (bicyclic) bond motifs is 3. The van der Waals surface area contributed by atoms with Crippen LogP contribution in [0.4, 0.5) is 5.69 Å². The van der Waals surface area contributed by atoms with E-state index in [0.717, 1.165) is 24.3 Å². The summed E-state index contributed by atoms with van der Waals surface area (Å²) in [7, 11) is 11.1. The van der Waals surface area contributed by atoms with Crippen LogP contribution in [0, 0.1) is 17.8 Å². The second kappa shape index (κ2) is 12.6. The van der Waals surface area contributed by atoms with E-state index in [2.05, 4.69) is 19.3 Å². The van der Waals surface area contributed by atoms with Gasteiger partial charge in [-0.1, -0.05) is 32.6 Å². The summed E-state index contributed by atoms with van der Waals surface area (Å²) >= 11 is 0. The first-order chi connectivity index (χ1) is 21.2. The van der Waals surface area contributed by atoms with Gasteiger partial charge in [0, 0.05) is 0 Å². The Balaban J connectivity index is 1.58. The zero-order chi connectivity index (χ0) is 33.0. The van der Waals surface area contributed by atoms with Crippen LogP contribution in [0.5, 0.6) is 5.75 Å². The molecule has 4 aliphatic rings. The average Bonchev–Trinajstić information content (AvgIpc) is 3.22. The van der Waals surface area contributed by atoms with Gasteiger partial charge in [0.2, 0.25) is 0 Å². The molecule has 4 aliphatic carbocycles. The molecule has 0 spiro atoms. The van der Waals surface area contributed by atoms with E-state index in [9.17, 15) is 30.0 Å². The average molecular weight is 621 g/mol. The van der Waals surface area contributed by atoms with Gasteiger partial charge < -0.3 is 0 Å². The molecule has 5 rings (SSSR count). The third kappa shape index (κ3) is 5.50. The van der Waals surface area contributed by atoms with Crippen molar-refractivity contribution in [2.45, 2.75) is 76.5 Å². The molecule has 0 aliphatic heterocycles. The van der Waals surface area contributed by atoms with Crippen molar-refractivity contribution < 1.29 is 30.0 Å². The predicted octanol–water partition coefficient (Wildman–Crippen LogP) is 2.48. The second-order valence-electron chi connectivity index (χ2n) is 13.9. The summed E-state index contributed by atoms with van der Waals surface area (Å²) in [5.41, 5.74) is 5.45. The van der Waals surface area contributed by atoms with Crippen molar-refractivity contribution in [3.63, 3.8) is 0 Å². The molecule has 4 atom stereocenters. The number of Topliss-reactive ketones (excluding diaryl/α,β-unsaturated/α-hetero) is 1. The number of amides is 1. The quantitative estimate of drug-likeness (QED) is 0.218. The molecule has 0 aromatic heterocycles. The van der Waals surface area contributed by atoms with E-state index in [1.807, 2.05) is 19.0 Å². The molecular weight excluding hydrogens is 571 g/mol. The van der Waals surface area contributed by atoms with E-state index in [1.165, 1.54) is 38.5 Å². The number of anilines is 1. The molecule has 6 N–H and O–H groups in total. The van der Waals surface area contributed by atoms with Crippen molar-refractivity contribution in [2.24, 2.45) is 23.5 Å². The fourth-order valence-corrected chi connectivity index (χ4v) is 8.68. The first-order valence-electron chi connectivity index (χ1n) is 16.3. The number of hydrogen-bond donors (Lipinski definition) is 5. The number of aromatic hydroxyl groups is 1. The second-order valence-corrected chi connectivity index (χ2v) is 13.9. The number of aliphatic hydroxyl groups is 3. The first-order valence-corrected chi connectivity index (χ1v) is 16.3. The van der Waals surface area contributed by atoms with Crippen molar-refractivity contribution in [3.8, 4) is 5.75 Å². The third-order valence-electron chi connectivity index (χ3n) is 10.7. The summed E-state index contributed by atoms with van der Waals surface area (Å²) < 4.78 is 0. The number of carbonyl (C=O) groups excluding carboxylic acids is 2. The number of carbonyl (C=O) groups is 2. The number of ketones is 1. The molecule has 11 heteroatoms. The number of nitrogens with two attached hydrogens (primary N) is 1. The van der Waals surface area contributed by atoms with Gasteiger partial charge in [-0.3, -0.25) is 0 Å². The standard InChI is InChI=1S/C34H49BN4O6/c1-6-39(16-18-11-9-7-8-10-12-18)17-20-15-23(40)25-21(27(20)37(2)3)13-19-14-22-28(38(4)5)30(42)26(33(36)44)31(35)34(22,45)32(43)24(19)29(25)41/h15,18-19,22,28,35,40,42-43,45H,6-14,16-17H2,1-5H3,(H2,36,44)/t19-,22-,28-,34+/m0/s1. The Morgan fingerprint density at radius 1 is 1.09 bits per heavy atom. The molecule has 45 heavy (non-hydrogen) atoms. The Kier molecular flexibility index (Phi) is 9.28. The van der Waals surface area contributed by atoms with Crippen molar-refractivity contribution in [3.05, 3.63) is 45.4 Å². The molecule has 0 saturated heterocycles. The number of primary amides is 1. The Bertz CT molecular complexity index is 1460. The fraction of sp³-hybridized carbons (Fsp3) is 0.618. The summed E-state index contributed by atoms with van der Waals surface area (Å²) in [6.45, 7) is 4.64. The number of benzene rings is 1. The van der Waals surface area contributed by atoms with E-state index in [0.29, 0.717) is 24.4 Å².